The van der Waals surface area contributed by atoms with Crippen molar-refractivity contribution in [3.8, 4) is 5.75 Å². The summed E-state index contributed by atoms with van der Waals surface area (Å²) in [5, 5.41) is 2.86. The maximum Gasteiger partial charge on any atom is 0.387 e. The number of hydrogen-bond acceptors (Lipinski definition) is 3. The number of amides is 1. The van der Waals surface area contributed by atoms with Gasteiger partial charge in [0.2, 0.25) is 0 Å². The number of carbonyl (C=O) groups is 1. The van der Waals surface area contributed by atoms with E-state index < -0.39 is 6.61 Å². The van der Waals surface area contributed by atoms with Crippen molar-refractivity contribution < 1.29 is 18.3 Å². The summed E-state index contributed by atoms with van der Waals surface area (Å²) in [6.07, 6.45) is 1.02. The average Bonchev–Trinajstić information content (AvgIpc) is 2.61. The second kappa shape index (κ2) is 8.07. The standard InChI is InChI=1S/C19H20F2N2O2/c20-19(21)25-17-7-5-15(6-8-17)18(24)22-10-12-23-11-9-14-3-1-2-4-16(14)13-23/h1-8,19H,9-13H2,(H,22,24). The Morgan fingerprint density at radius 3 is 2.56 bits per heavy atom. The summed E-state index contributed by atoms with van der Waals surface area (Å²) >= 11 is 0. The first kappa shape index (κ1) is 17.4. The summed E-state index contributed by atoms with van der Waals surface area (Å²) in [4.78, 5) is 14.4. The first-order valence-corrected chi connectivity index (χ1v) is 8.24. The first-order chi connectivity index (χ1) is 12.1. The molecule has 0 saturated heterocycles. The van der Waals surface area contributed by atoms with Gasteiger partial charge in [-0.05, 0) is 41.8 Å². The molecule has 0 atom stereocenters. The van der Waals surface area contributed by atoms with Crippen LogP contribution in [0.15, 0.2) is 48.5 Å². The van der Waals surface area contributed by atoms with Gasteiger partial charge in [-0.1, -0.05) is 24.3 Å². The number of hydrogen-bond donors (Lipinski definition) is 1. The van der Waals surface area contributed by atoms with Gasteiger partial charge in [0.25, 0.3) is 5.91 Å². The number of nitrogens with zero attached hydrogens (tertiary/aromatic N) is 1. The molecule has 1 heterocycles. The maximum atomic E-state index is 12.1. The Morgan fingerprint density at radius 1 is 1.12 bits per heavy atom. The predicted molar refractivity (Wildman–Crippen MR) is 90.8 cm³/mol. The molecule has 0 radical (unpaired) electrons. The molecule has 1 amide bonds. The van der Waals surface area contributed by atoms with Gasteiger partial charge in [0.1, 0.15) is 5.75 Å². The highest BCUT2D eigenvalue weighted by Gasteiger charge is 2.15. The molecule has 0 fully saturated rings. The molecule has 25 heavy (non-hydrogen) atoms. The number of alkyl halides is 2. The van der Waals surface area contributed by atoms with Gasteiger partial charge in [-0.3, -0.25) is 9.69 Å². The van der Waals surface area contributed by atoms with Crippen molar-refractivity contribution in [2.45, 2.75) is 19.6 Å². The Kier molecular flexibility index (Phi) is 5.60. The molecule has 1 aliphatic rings. The Labute approximate surface area is 145 Å². The molecular formula is C19H20F2N2O2. The number of carbonyl (C=O) groups excluding carboxylic acids is 1. The van der Waals surface area contributed by atoms with Gasteiger partial charge in [0.05, 0.1) is 0 Å². The molecule has 0 saturated carbocycles. The van der Waals surface area contributed by atoms with Gasteiger partial charge in [-0.25, -0.2) is 0 Å². The van der Waals surface area contributed by atoms with Crippen LogP contribution in [0, 0.1) is 0 Å². The smallest absolute Gasteiger partial charge is 0.387 e. The fourth-order valence-corrected chi connectivity index (χ4v) is 2.96. The topological polar surface area (TPSA) is 41.6 Å². The van der Waals surface area contributed by atoms with Gasteiger partial charge in [0.15, 0.2) is 0 Å². The molecule has 0 aromatic heterocycles. The van der Waals surface area contributed by atoms with Crippen LogP contribution in [-0.2, 0) is 13.0 Å². The van der Waals surface area contributed by atoms with Crippen LogP contribution in [-0.4, -0.2) is 37.1 Å². The zero-order valence-corrected chi connectivity index (χ0v) is 13.8. The fraction of sp³-hybridized carbons (Fsp3) is 0.316. The van der Waals surface area contributed by atoms with Gasteiger partial charge >= 0.3 is 6.61 Å². The SMILES string of the molecule is O=C(NCCN1CCc2ccccc2C1)c1ccc(OC(F)F)cc1. The molecule has 0 aliphatic carbocycles. The predicted octanol–water partition coefficient (Wildman–Crippen LogP) is 3.08. The van der Waals surface area contributed by atoms with E-state index in [4.69, 9.17) is 0 Å². The molecule has 3 rings (SSSR count). The van der Waals surface area contributed by atoms with E-state index >= 15 is 0 Å². The first-order valence-electron chi connectivity index (χ1n) is 8.24. The Bertz CT molecular complexity index is 720. The van der Waals surface area contributed by atoms with Gasteiger partial charge in [-0.15, -0.1) is 0 Å². The third kappa shape index (κ3) is 4.76. The molecule has 2 aromatic carbocycles. The summed E-state index contributed by atoms with van der Waals surface area (Å²) in [6.45, 7) is 0.315. The van der Waals surface area contributed by atoms with Crippen LogP contribution in [0.2, 0.25) is 0 Å². The second-order valence-electron chi connectivity index (χ2n) is 5.95. The number of benzene rings is 2. The monoisotopic (exact) mass is 346 g/mol. The van der Waals surface area contributed by atoms with Crippen molar-refractivity contribution in [2.75, 3.05) is 19.6 Å². The van der Waals surface area contributed by atoms with E-state index in [1.807, 2.05) is 6.07 Å². The normalized spacial score (nSPS) is 14.2. The molecule has 4 nitrogen and oxygen atoms in total. The highest BCUT2D eigenvalue weighted by molar-refractivity contribution is 5.94. The van der Waals surface area contributed by atoms with Crippen molar-refractivity contribution in [3.05, 3.63) is 65.2 Å². The van der Waals surface area contributed by atoms with Crippen molar-refractivity contribution in [2.24, 2.45) is 0 Å². The Balaban J connectivity index is 1.45. The van der Waals surface area contributed by atoms with Crippen LogP contribution in [0.5, 0.6) is 5.75 Å². The van der Waals surface area contributed by atoms with E-state index in [1.165, 1.54) is 35.4 Å². The number of rotatable bonds is 6. The van der Waals surface area contributed by atoms with Crippen LogP contribution in [0.1, 0.15) is 21.5 Å². The number of ether oxygens (including phenoxy) is 1. The van der Waals surface area contributed by atoms with E-state index in [-0.39, 0.29) is 11.7 Å². The third-order valence-corrected chi connectivity index (χ3v) is 4.26. The zero-order chi connectivity index (χ0) is 17.6. The molecule has 0 bridgehead atoms. The quantitative estimate of drug-likeness (QED) is 0.874. The van der Waals surface area contributed by atoms with E-state index in [0.29, 0.717) is 12.1 Å². The summed E-state index contributed by atoms with van der Waals surface area (Å²) in [5.41, 5.74) is 3.16. The minimum atomic E-state index is -2.87. The van der Waals surface area contributed by atoms with Crippen LogP contribution >= 0.6 is 0 Å². The number of nitrogens with one attached hydrogen (secondary N) is 1. The third-order valence-electron chi connectivity index (χ3n) is 4.26. The number of fused-ring (bicyclic) bond motifs is 1. The van der Waals surface area contributed by atoms with Crippen molar-refractivity contribution in [1.29, 1.82) is 0 Å². The van der Waals surface area contributed by atoms with Crippen LogP contribution in [0.4, 0.5) is 8.78 Å². The van der Waals surface area contributed by atoms with Gasteiger partial charge in [-0.2, -0.15) is 8.78 Å². The molecule has 0 spiro atoms. The van der Waals surface area contributed by atoms with E-state index in [1.54, 1.807) is 0 Å². The van der Waals surface area contributed by atoms with E-state index in [2.05, 4.69) is 33.2 Å². The fourth-order valence-electron chi connectivity index (χ4n) is 2.96. The lowest BCUT2D eigenvalue weighted by molar-refractivity contribution is -0.0498. The van der Waals surface area contributed by atoms with Gasteiger partial charge < -0.3 is 10.1 Å². The average molecular weight is 346 g/mol. The number of halogens is 2. The molecule has 1 aliphatic heterocycles. The maximum absolute atomic E-state index is 12.1. The minimum absolute atomic E-state index is 0.0403. The van der Waals surface area contributed by atoms with E-state index in [0.717, 1.165) is 26.1 Å². The molecule has 0 unspecified atom stereocenters. The van der Waals surface area contributed by atoms with Crippen molar-refractivity contribution >= 4 is 5.91 Å². The zero-order valence-electron chi connectivity index (χ0n) is 13.8. The molecular weight excluding hydrogens is 326 g/mol. The van der Waals surface area contributed by atoms with Crippen molar-refractivity contribution in [3.63, 3.8) is 0 Å². The van der Waals surface area contributed by atoms with Gasteiger partial charge in [0, 0.05) is 31.7 Å². The van der Waals surface area contributed by atoms with E-state index in [9.17, 15) is 13.6 Å². The second-order valence-corrected chi connectivity index (χ2v) is 5.95. The lowest BCUT2D eigenvalue weighted by Gasteiger charge is -2.28. The highest BCUT2D eigenvalue weighted by atomic mass is 19.3. The highest BCUT2D eigenvalue weighted by Crippen LogP contribution is 2.18. The summed E-state index contributed by atoms with van der Waals surface area (Å²) in [5.74, 6) is -0.181. The minimum Gasteiger partial charge on any atom is -0.435 e. The molecule has 2 aromatic rings. The van der Waals surface area contributed by atoms with Crippen LogP contribution < -0.4 is 10.1 Å². The summed E-state index contributed by atoms with van der Waals surface area (Å²) in [7, 11) is 0. The molecule has 6 heteroatoms. The Hall–Kier alpha value is -2.47. The largest absolute Gasteiger partial charge is 0.435 e. The lowest BCUT2D eigenvalue weighted by atomic mass is 10.00. The van der Waals surface area contributed by atoms with Crippen LogP contribution in [0.3, 0.4) is 0 Å². The summed E-state index contributed by atoms with van der Waals surface area (Å²) in [6, 6.07) is 14.1. The molecule has 132 valence electrons. The Morgan fingerprint density at radius 2 is 1.84 bits per heavy atom. The lowest BCUT2D eigenvalue weighted by Crippen LogP contribution is -2.37. The summed E-state index contributed by atoms with van der Waals surface area (Å²) < 4.78 is 28.5. The van der Waals surface area contributed by atoms with Crippen LogP contribution in [0.25, 0.3) is 0 Å². The van der Waals surface area contributed by atoms with Crippen molar-refractivity contribution in [1.82, 2.24) is 10.2 Å². The molecule has 1 N–H and O–H groups in total.